The molecule has 4 aromatic rings. The second-order valence-electron chi connectivity index (χ2n) is 8.08. The van der Waals surface area contributed by atoms with Crippen molar-refractivity contribution in [3.05, 3.63) is 81.0 Å². The van der Waals surface area contributed by atoms with Crippen molar-refractivity contribution in [2.75, 3.05) is 12.4 Å². The normalized spacial score (nSPS) is 13.3. The molecule has 0 saturated carbocycles. The number of hydrogen-bond acceptors (Lipinski definition) is 5. The molecule has 0 N–H and O–H groups in total. The summed E-state index contributed by atoms with van der Waals surface area (Å²) in [5.41, 5.74) is 3.33. The smallest absolute Gasteiger partial charge is 0.267 e. The van der Waals surface area contributed by atoms with Crippen molar-refractivity contribution in [2.24, 2.45) is 0 Å². The van der Waals surface area contributed by atoms with Crippen LogP contribution in [0.1, 0.15) is 35.3 Å². The maximum absolute atomic E-state index is 13.7. The molecule has 4 nitrogen and oxygen atoms in total. The molecule has 1 aliphatic rings. The van der Waals surface area contributed by atoms with Gasteiger partial charge in [-0.3, -0.25) is 9.36 Å². The van der Waals surface area contributed by atoms with Crippen LogP contribution in [-0.4, -0.2) is 21.9 Å². The van der Waals surface area contributed by atoms with Gasteiger partial charge < -0.3 is 4.74 Å². The molecule has 0 radical (unpaired) electrons. The maximum atomic E-state index is 13.7. The van der Waals surface area contributed by atoms with Crippen LogP contribution in [0.3, 0.4) is 0 Å². The average Bonchev–Trinajstić information content (AvgIpc) is 3.19. The zero-order valence-corrected chi connectivity index (χ0v) is 19.8. The first-order valence-electron chi connectivity index (χ1n) is 11.2. The lowest BCUT2D eigenvalue weighted by atomic mass is 9.97. The molecule has 0 bridgehead atoms. The van der Waals surface area contributed by atoms with E-state index in [9.17, 15) is 4.79 Å². The number of aryl methyl sites for hydroxylation is 3. The van der Waals surface area contributed by atoms with E-state index in [0.29, 0.717) is 6.61 Å². The van der Waals surface area contributed by atoms with E-state index in [-0.39, 0.29) is 5.56 Å². The van der Waals surface area contributed by atoms with E-state index in [1.54, 1.807) is 27.7 Å². The Kier molecular flexibility index (Phi) is 6.32. The van der Waals surface area contributed by atoms with E-state index in [1.165, 1.54) is 16.9 Å². The fraction of sp³-hybridized carbons (Fsp3) is 0.308. The lowest BCUT2D eigenvalue weighted by molar-refractivity contribution is 0.316. The lowest BCUT2D eigenvalue weighted by Gasteiger charge is -2.14. The summed E-state index contributed by atoms with van der Waals surface area (Å²) < 4.78 is 7.74. The van der Waals surface area contributed by atoms with Crippen LogP contribution in [0.25, 0.3) is 15.9 Å². The summed E-state index contributed by atoms with van der Waals surface area (Å²) in [6, 6.07) is 18.0. The Morgan fingerprint density at radius 3 is 2.69 bits per heavy atom. The SMILES string of the molecule is Cc1ccccc1OCCCSc1nc2sc3c(c2c(=O)n1-c1ccccc1)CCCC3. The van der Waals surface area contributed by atoms with Gasteiger partial charge in [0.25, 0.3) is 5.56 Å². The minimum atomic E-state index is 0.0688. The Balaban J connectivity index is 1.41. The molecule has 0 spiro atoms. The van der Waals surface area contributed by atoms with Crippen LogP contribution in [0.4, 0.5) is 0 Å². The molecular weight excluding hydrogens is 436 g/mol. The van der Waals surface area contributed by atoms with Crippen molar-refractivity contribution in [2.45, 2.75) is 44.2 Å². The Labute approximate surface area is 196 Å². The molecule has 164 valence electrons. The number of thiophene rings is 1. The molecule has 0 aliphatic heterocycles. The van der Waals surface area contributed by atoms with E-state index in [4.69, 9.17) is 9.72 Å². The fourth-order valence-corrected chi connectivity index (χ4v) is 6.44. The number of aromatic nitrogens is 2. The number of ether oxygens (including phenoxy) is 1. The van der Waals surface area contributed by atoms with Crippen LogP contribution in [0.5, 0.6) is 5.75 Å². The first kappa shape index (κ1) is 21.3. The van der Waals surface area contributed by atoms with Crippen molar-refractivity contribution in [3.8, 4) is 11.4 Å². The van der Waals surface area contributed by atoms with Crippen LogP contribution in [-0.2, 0) is 12.8 Å². The van der Waals surface area contributed by atoms with Crippen molar-refractivity contribution < 1.29 is 4.74 Å². The van der Waals surface area contributed by atoms with Gasteiger partial charge in [-0.25, -0.2) is 4.98 Å². The quantitative estimate of drug-likeness (QED) is 0.186. The number of benzene rings is 2. The highest BCUT2D eigenvalue weighted by Crippen LogP contribution is 2.35. The average molecular weight is 463 g/mol. The molecule has 0 saturated heterocycles. The zero-order chi connectivity index (χ0) is 21.9. The topological polar surface area (TPSA) is 44.1 Å². The summed E-state index contributed by atoms with van der Waals surface area (Å²) in [4.78, 5) is 20.9. The summed E-state index contributed by atoms with van der Waals surface area (Å²) in [7, 11) is 0. The first-order chi connectivity index (χ1) is 15.7. The summed E-state index contributed by atoms with van der Waals surface area (Å²) in [6.45, 7) is 2.70. The molecule has 0 atom stereocenters. The third-order valence-corrected chi connectivity index (χ3v) is 8.05. The van der Waals surface area contributed by atoms with Gasteiger partial charge in [0.1, 0.15) is 10.6 Å². The monoisotopic (exact) mass is 462 g/mol. The van der Waals surface area contributed by atoms with Crippen molar-refractivity contribution in [1.29, 1.82) is 0 Å². The number of rotatable bonds is 7. The van der Waals surface area contributed by atoms with Gasteiger partial charge in [-0.2, -0.15) is 0 Å². The summed E-state index contributed by atoms with van der Waals surface area (Å²) in [6.07, 6.45) is 5.29. The van der Waals surface area contributed by atoms with Gasteiger partial charge in [0.05, 0.1) is 17.7 Å². The van der Waals surface area contributed by atoms with Crippen molar-refractivity contribution in [3.63, 3.8) is 0 Å². The zero-order valence-electron chi connectivity index (χ0n) is 18.2. The highest BCUT2D eigenvalue weighted by Gasteiger charge is 2.22. The van der Waals surface area contributed by atoms with E-state index in [1.807, 2.05) is 48.5 Å². The van der Waals surface area contributed by atoms with Gasteiger partial charge in [0, 0.05) is 10.6 Å². The maximum Gasteiger partial charge on any atom is 0.267 e. The summed E-state index contributed by atoms with van der Waals surface area (Å²) in [5.74, 6) is 1.77. The molecular formula is C26H26N2O2S2. The Hall–Kier alpha value is -2.57. The van der Waals surface area contributed by atoms with E-state index < -0.39 is 0 Å². The molecule has 0 fully saturated rings. The minimum absolute atomic E-state index is 0.0688. The van der Waals surface area contributed by atoms with Crippen LogP contribution >= 0.6 is 23.1 Å². The standard InChI is InChI=1S/C26H26N2O2S2/c1-18-10-5-7-14-21(18)30-16-9-17-31-26-27-24-23(20-13-6-8-15-22(20)32-24)25(29)28(26)19-11-3-2-4-12-19/h2-5,7,10-12,14H,6,8-9,13,15-17H2,1H3. The number of fused-ring (bicyclic) bond motifs is 3. The number of thioether (sulfide) groups is 1. The molecule has 32 heavy (non-hydrogen) atoms. The third-order valence-electron chi connectivity index (χ3n) is 5.84. The predicted molar refractivity (Wildman–Crippen MR) is 134 cm³/mol. The van der Waals surface area contributed by atoms with Crippen LogP contribution < -0.4 is 10.3 Å². The minimum Gasteiger partial charge on any atom is -0.493 e. The Morgan fingerprint density at radius 2 is 1.84 bits per heavy atom. The van der Waals surface area contributed by atoms with E-state index in [0.717, 1.165) is 63.8 Å². The largest absolute Gasteiger partial charge is 0.493 e. The Bertz CT molecular complexity index is 1290. The highest BCUT2D eigenvalue weighted by molar-refractivity contribution is 7.99. The fourth-order valence-electron chi connectivity index (χ4n) is 4.21. The molecule has 0 unspecified atom stereocenters. The highest BCUT2D eigenvalue weighted by atomic mass is 32.2. The second-order valence-corrected chi connectivity index (χ2v) is 10.2. The van der Waals surface area contributed by atoms with Crippen molar-refractivity contribution >= 4 is 33.3 Å². The summed E-state index contributed by atoms with van der Waals surface area (Å²) >= 11 is 3.35. The molecule has 1 aliphatic carbocycles. The predicted octanol–water partition coefficient (Wildman–Crippen LogP) is 6.20. The number of nitrogens with zero attached hydrogens (tertiary/aromatic N) is 2. The van der Waals surface area contributed by atoms with Gasteiger partial charge >= 0.3 is 0 Å². The second kappa shape index (κ2) is 9.51. The van der Waals surface area contributed by atoms with Crippen LogP contribution in [0, 0.1) is 6.92 Å². The molecule has 2 heterocycles. The van der Waals surface area contributed by atoms with Gasteiger partial charge in [-0.05, 0) is 68.4 Å². The molecule has 5 rings (SSSR count). The first-order valence-corrected chi connectivity index (χ1v) is 13.0. The lowest BCUT2D eigenvalue weighted by Crippen LogP contribution is -2.22. The Morgan fingerprint density at radius 1 is 1.06 bits per heavy atom. The van der Waals surface area contributed by atoms with Gasteiger partial charge in [0.2, 0.25) is 0 Å². The molecule has 0 amide bonds. The third kappa shape index (κ3) is 4.21. The van der Waals surface area contributed by atoms with E-state index >= 15 is 0 Å². The van der Waals surface area contributed by atoms with Gasteiger partial charge in [-0.1, -0.05) is 48.2 Å². The van der Waals surface area contributed by atoms with Crippen LogP contribution in [0.2, 0.25) is 0 Å². The summed E-state index contributed by atoms with van der Waals surface area (Å²) in [5, 5.41) is 1.60. The van der Waals surface area contributed by atoms with Crippen molar-refractivity contribution in [1.82, 2.24) is 9.55 Å². The van der Waals surface area contributed by atoms with Crippen LogP contribution in [0.15, 0.2) is 64.5 Å². The van der Waals surface area contributed by atoms with Gasteiger partial charge in [0.15, 0.2) is 5.16 Å². The number of hydrogen-bond donors (Lipinski definition) is 0. The number of para-hydroxylation sites is 2. The molecule has 2 aromatic heterocycles. The molecule has 6 heteroatoms. The molecule has 2 aromatic carbocycles. The van der Waals surface area contributed by atoms with E-state index in [2.05, 4.69) is 13.0 Å². The van der Waals surface area contributed by atoms with Gasteiger partial charge in [-0.15, -0.1) is 11.3 Å².